The van der Waals surface area contributed by atoms with Gasteiger partial charge in [0.2, 0.25) is 0 Å². The quantitative estimate of drug-likeness (QED) is 0.712. The summed E-state index contributed by atoms with van der Waals surface area (Å²) in [4.78, 5) is 0. The molecular formula is C15H29N. The number of hydrogen-bond acceptors (Lipinski definition) is 1. The third-order valence-electron chi connectivity index (χ3n) is 4.37. The minimum Gasteiger partial charge on any atom is -0.327 e. The van der Waals surface area contributed by atoms with Crippen LogP contribution in [-0.2, 0) is 0 Å². The van der Waals surface area contributed by atoms with Crippen molar-refractivity contribution in [1.82, 2.24) is 0 Å². The van der Waals surface area contributed by atoms with Crippen LogP contribution in [0, 0.1) is 17.3 Å². The first-order chi connectivity index (χ1) is 7.36. The predicted octanol–water partition coefficient (Wildman–Crippen LogP) is 4.13. The fourth-order valence-corrected chi connectivity index (χ4v) is 3.30. The molecule has 1 saturated carbocycles. The summed E-state index contributed by atoms with van der Waals surface area (Å²) in [6.45, 7) is 13.4. The minimum absolute atomic E-state index is 0.326. The molecule has 0 spiro atoms. The smallest absolute Gasteiger partial charge is 0.00749 e. The molecule has 1 rings (SSSR count). The Hall–Kier alpha value is -0.300. The highest BCUT2D eigenvalue weighted by Gasteiger charge is 2.37. The lowest BCUT2D eigenvalue weighted by molar-refractivity contribution is 0.112. The maximum atomic E-state index is 6.34. The van der Waals surface area contributed by atoms with Crippen LogP contribution >= 0.6 is 0 Å². The average molecular weight is 223 g/mol. The first-order valence-electron chi connectivity index (χ1n) is 6.79. The molecule has 1 aliphatic carbocycles. The second kappa shape index (κ2) is 5.35. The predicted molar refractivity (Wildman–Crippen MR) is 72.3 cm³/mol. The number of allylic oxidation sites excluding steroid dienone is 1. The van der Waals surface area contributed by atoms with Gasteiger partial charge in [-0.05, 0) is 42.9 Å². The molecule has 16 heavy (non-hydrogen) atoms. The Balaban J connectivity index is 2.63. The fraction of sp³-hybridized carbons (Fsp3) is 0.867. The van der Waals surface area contributed by atoms with Crippen molar-refractivity contribution in [3.05, 3.63) is 12.2 Å². The third kappa shape index (κ3) is 3.35. The van der Waals surface area contributed by atoms with Crippen LogP contribution in [0.3, 0.4) is 0 Å². The molecule has 1 nitrogen and oxygen atoms in total. The van der Waals surface area contributed by atoms with E-state index in [0.717, 1.165) is 18.8 Å². The number of hydrogen-bond donors (Lipinski definition) is 1. The Labute approximate surface area is 101 Å². The lowest BCUT2D eigenvalue weighted by Crippen LogP contribution is -2.43. The molecule has 94 valence electrons. The molecule has 1 aliphatic rings. The van der Waals surface area contributed by atoms with Crippen LogP contribution < -0.4 is 5.73 Å². The monoisotopic (exact) mass is 223 g/mol. The molecule has 0 aromatic heterocycles. The van der Waals surface area contributed by atoms with E-state index in [2.05, 4.69) is 34.3 Å². The highest BCUT2D eigenvalue weighted by molar-refractivity contribution is 5.01. The van der Waals surface area contributed by atoms with E-state index in [4.69, 9.17) is 5.73 Å². The first-order valence-corrected chi connectivity index (χ1v) is 6.79. The van der Waals surface area contributed by atoms with E-state index in [-0.39, 0.29) is 0 Å². The largest absolute Gasteiger partial charge is 0.327 e. The zero-order valence-electron chi connectivity index (χ0n) is 11.6. The molecule has 3 unspecified atom stereocenters. The molecule has 0 heterocycles. The molecule has 0 bridgehead atoms. The molecule has 2 N–H and O–H groups in total. The van der Waals surface area contributed by atoms with Crippen LogP contribution in [0.5, 0.6) is 0 Å². The van der Waals surface area contributed by atoms with Gasteiger partial charge in [0.15, 0.2) is 0 Å². The van der Waals surface area contributed by atoms with E-state index >= 15 is 0 Å². The SMILES string of the molecule is C=C(CC)CC(C)(C)C1CCC(C)CC1N. The van der Waals surface area contributed by atoms with Crippen molar-refractivity contribution in [3.8, 4) is 0 Å². The fourth-order valence-electron chi connectivity index (χ4n) is 3.30. The third-order valence-corrected chi connectivity index (χ3v) is 4.37. The topological polar surface area (TPSA) is 26.0 Å². The lowest BCUT2D eigenvalue weighted by atomic mass is 9.64. The molecule has 0 radical (unpaired) electrons. The maximum Gasteiger partial charge on any atom is 0.00749 e. The summed E-state index contributed by atoms with van der Waals surface area (Å²) in [5.74, 6) is 1.49. The Kier molecular flexibility index (Phi) is 4.61. The normalized spacial score (nSPS) is 31.4. The zero-order chi connectivity index (χ0) is 12.3. The van der Waals surface area contributed by atoms with Gasteiger partial charge in [0.05, 0.1) is 0 Å². The van der Waals surface area contributed by atoms with Crippen molar-refractivity contribution >= 4 is 0 Å². The first kappa shape index (κ1) is 13.8. The van der Waals surface area contributed by atoms with Gasteiger partial charge >= 0.3 is 0 Å². The molecular weight excluding hydrogens is 194 g/mol. The summed E-state index contributed by atoms with van der Waals surface area (Å²) in [5, 5.41) is 0. The van der Waals surface area contributed by atoms with Gasteiger partial charge in [-0.3, -0.25) is 0 Å². The molecule has 0 amide bonds. The van der Waals surface area contributed by atoms with Crippen molar-refractivity contribution in [1.29, 1.82) is 0 Å². The van der Waals surface area contributed by atoms with Crippen LogP contribution in [0.2, 0.25) is 0 Å². The van der Waals surface area contributed by atoms with E-state index in [1.54, 1.807) is 0 Å². The van der Waals surface area contributed by atoms with Gasteiger partial charge in [0, 0.05) is 6.04 Å². The highest BCUT2D eigenvalue weighted by atomic mass is 14.7. The van der Waals surface area contributed by atoms with E-state index in [0.29, 0.717) is 17.4 Å². The van der Waals surface area contributed by atoms with Crippen molar-refractivity contribution in [2.75, 3.05) is 0 Å². The summed E-state index contributed by atoms with van der Waals surface area (Å²) < 4.78 is 0. The molecule has 1 fully saturated rings. The van der Waals surface area contributed by atoms with Gasteiger partial charge < -0.3 is 5.73 Å². The van der Waals surface area contributed by atoms with E-state index in [1.165, 1.54) is 24.8 Å². The van der Waals surface area contributed by atoms with Crippen molar-refractivity contribution in [3.63, 3.8) is 0 Å². The van der Waals surface area contributed by atoms with Gasteiger partial charge in [0.1, 0.15) is 0 Å². The zero-order valence-corrected chi connectivity index (χ0v) is 11.6. The molecule has 1 heteroatoms. The Bertz CT molecular complexity index is 242. The van der Waals surface area contributed by atoms with Crippen molar-refractivity contribution in [2.45, 2.75) is 65.8 Å². The lowest BCUT2D eigenvalue weighted by Gasteiger charge is -2.43. The second-order valence-corrected chi connectivity index (χ2v) is 6.46. The summed E-state index contributed by atoms with van der Waals surface area (Å²) >= 11 is 0. The second-order valence-electron chi connectivity index (χ2n) is 6.46. The molecule has 0 aliphatic heterocycles. The van der Waals surface area contributed by atoms with Gasteiger partial charge in [-0.25, -0.2) is 0 Å². The highest BCUT2D eigenvalue weighted by Crippen LogP contribution is 2.43. The van der Waals surface area contributed by atoms with Crippen LogP contribution in [0.1, 0.15) is 59.8 Å². The van der Waals surface area contributed by atoms with Gasteiger partial charge in [-0.1, -0.05) is 46.3 Å². The summed E-state index contributed by atoms with van der Waals surface area (Å²) in [6, 6.07) is 0.392. The molecule has 3 atom stereocenters. The summed E-state index contributed by atoms with van der Waals surface area (Å²) in [6.07, 6.45) is 6.08. The molecule has 0 saturated heterocycles. The standard InChI is InChI=1S/C15H29N/c1-6-11(2)10-15(4,5)13-8-7-12(3)9-14(13)16/h12-14H,2,6-10,16H2,1,3-5H3. The summed E-state index contributed by atoms with van der Waals surface area (Å²) in [5.41, 5.74) is 8.04. The average Bonchev–Trinajstić information content (AvgIpc) is 2.16. The van der Waals surface area contributed by atoms with Gasteiger partial charge in [-0.2, -0.15) is 0 Å². The Morgan fingerprint density at radius 1 is 1.38 bits per heavy atom. The van der Waals surface area contributed by atoms with Crippen LogP contribution in [0.15, 0.2) is 12.2 Å². The van der Waals surface area contributed by atoms with Crippen LogP contribution in [-0.4, -0.2) is 6.04 Å². The van der Waals surface area contributed by atoms with E-state index in [1.807, 2.05) is 0 Å². The number of nitrogens with two attached hydrogens (primary N) is 1. The van der Waals surface area contributed by atoms with Gasteiger partial charge in [-0.15, -0.1) is 0 Å². The number of rotatable bonds is 4. The van der Waals surface area contributed by atoms with Crippen molar-refractivity contribution in [2.24, 2.45) is 23.0 Å². The Morgan fingerprint density at radius 3 is 2.50 bits per heavy atom. The van der Waals surface area contributed by atoms with Crippen LogP contribution in [0.4, 0.5) is 0 Å². The molecule has 0 aromatic carbocycles. The van der Waals surface area contributed by atoms with E-state index < -0.39 is 0 Å². The Morgan fingerprint density at radius 2 is 2.00 bits per heavy atom. The van der Waals surface area contributed by atoms with Gasteiger partial charge in [0.25, 0.3) is 0 Å². The maximum absolute atomic E-state index is 6.34. The van der Waals surface area contributed by atoms with Crippen molar-refractivity contribution < 1.29 is 0 Å². The summed E-state index contributed by atoms with van der Waals surface area (Å²) in [7, 11) is 0. The molecule has 0 aromatic rings. The van der Waals surface area contributed by atoms with Crippen LogP contribution in [0.25, 0.3) is 0 Å². The van der Waals surface area contributed by atoms with E-state index in [9.17, 15) is 0 Å². The minimum atomic E-state index is 0.326.